The summed E-state index contributed by atoms with van der Waals surface area (Å²) in [7, 11) is 0. The number of Topliss-reactive ketones (excluding diaryl/α,β-unsaturated/α-hetero) is 1. The van der Waals surface area contributed by atoms with Crippen LogP contribution in [0.25, 0.3) is 0 Å². The van der Waals surface area contributed by atoms with Crippen molar-refractivity contribution in [3.63, 3.8) is 0 Å². The molecule has 6 heteroatoms. The zero-order valence-corrected chi connectivity index (χ0v) is 6.29. The SMILES string of the molecule is O=[14C](CO)[C@@H](O)[C@H](O)[C@H](O)CO. The minimum Gasteiger partial charge on any atom is -0.394 e. The first-order valence-electron chi connectivity index (χ1n) is 3.33. The summed E-state index contributed by atoms with van der Waals surface area (Å²) in [5, 5.41) is 43.1. The molecule has 0 spiro atoms. The number of ketones is 1. The lowest BCUT2D eigenvalue weighted by Crippen LogP contribution is -2.44. The van der Waals surface area contributed by atoms with E-state index in [1.165, 1.54) is 0 Å². The number of aliphatic hydroxyl groups excluding tert-OH is 5. The van der Waals surface area contributed by atoms with Gasteiger partial charge in [0.05, 0.1) is 6.61 Å². The van der Waals surface area contributed by atoms with Gasteiger partial charge in [0.15, 0.2) is 5.78 Å². The Morgan fingerprint density at radius 3 is 2.00 bits per heavy atom. The predicted octanol–water partition coefficient (Wildman–Crippen LogP) is -3.38. The van der Waals surface area contributed by atoms with Gasteiger partial charge in [-0.3, -0.25) is 4.79 Å². The largest absolute Gasteiger partial charge is 0.394 e. The Labute approximate surface area is 68.7 Å². The van der Waals surface area contributed by atoms with Crippen molar-refractivity contribution in [1.82, 2.24) is 0 Å². The second-order valence-corrected chi connectivity index (χ2v) is 2.31. The fourth-order valence-electron chi connectivity index (χ4n) is 0.602. The van der Waals surface area contributed by atoms with Crippen molar-refractivity contribution >= 4 is 5.78 Å². The summed E-state index contributed by atoms with van der Waals surface area (Å²) in [6, 6.07) is 0. The minimum atomic E-state index is -1.86. The molecule has 72 valence electrons. The van der Waals surface area contributed by atoms with Crippen molar-refractivity contribution < 1.29 is 30.3 Å². The molecule has 0 aromatic heterocycles. The van der Waals surface area contributed by atoms with Crippen LogP contribution in [0.5, 0.6) is 0 Å². The normalized spacial score (nSPS) is 18.4. The van der Waals surface area contributed by atoms with Crippen LogP contribution in [0.1, 0.15) is 0 Å². The van der Waals surface area contributed by atoms with Crippen molar-refractivity contribution in [3.8, 4) is 0 Å². The third kappa shape index (κ3) is 2.84. The van der Waals surface area contributed by atoms with E-state index in [1.807, 2.05) is 0 Å². The fourth-order valence-corrected chi connectivity index (χ4v) is 0.602. The van der Waals surface area contributed by atoms with Gasteiger partial charge in [-0.25, -0.2) is 0 Å². The van der Waals surface area contributed by atoms with E-state index in [4.69, 9.17) is 25.5 Å². The smallest absolute Gasteiger partial charge is 0.189 e. The van der Waals surface area contributed by atoms with Crippen LogP contribution < -0.4 is 0 Å². The lowest BCUT2D eigenvalue weighted by atomic mass is 10.2. The van der Waals surface area contributed by atoms with Crippen LogP contribution in [-0.4, -0.2) is 62.8 Å². The van der Waals surface area contributed by atoms with Gasteiger partial charge in [0.1, 0.15) is 24.9 Å². The lowest BCUT2D eigenvalue weighted by molar-refractivity contribution is -0.142. The third-order valence-corrected chi connectivity index (χ3v) is 1.39. The van der Waals surface area contributed by atoms with Gasteiger partial charge in [-0.2, -0.15) is 0 Å². The Kier molecular flexibility index (Phi) is 4.95. The molecule has 5 N–H and O–H groups in total. The number of hydrogen-bond acceptors (Lipinski definition) is 6. The highest BCUT2D eigenvalue weighted by Crippen LogP contribution is 2.00. The third-order valence-electron chi connectivity index (χ3n) is 1.39. The zero-order valence-electron chi connectivity index (χ0n) is 6.29. The summed E-state index contributed by atoms with van der Waals surface area (Å²) in [5.41, 5.74) is 0. The van der Waals surface area contributed by atoms with Crippen LogP contribution in [0.15, 0.2) is 0 Å². The Morgan fingerprint density at radius 2 is 1.67 bits per heavy atom. The van der Waals surface area contributed by atoms with Crippen LogP contribution in [-0.2, 0) is 4.79 Å². The number of hydrogen-bond donors (Lipinski definition) is 5. The molecule has 0 aliphatic heterocycles. The van der Waals surface area contributed by atoms with Gasteiger partial charge in [0.2, 0.25) is 0 Å². The van der Waals surface area contributed by atoms with E-state index in [-0.39, 0.29) is 0 Å². The molecule has 0 bridgehead atoms. The summed E-state index contributed by atoms with van der Waals surface area (Å²) in [5.74, 6) is -1.00. The fraction of sp³-hybridized carbons (Fsp3) is 0.833. The quantitative estimate of drug-likeness (QED) is 0.303. The lowest BCUT2D eigenvalue weighted by Gasteiger charge is -2.19. The van der Waals surface area contributed by atoms with Crippen LogP contribution >= 0.6 is 0 Å². The zero-order chi connectivity index (χ0) is 9.72. The van der Waals surface area contributed by atoms with Crippen LogP contribution in [0.2, 0.25) is 0 Å². The molecule has 0 aliphatic carbocycles. The number of rotatable bonds is 5. The molecule has 0 heterocycles. The van der Waals surface area contributed by atoms with Gasteiger partial charge in [-0.1, -0.05) is 0 Å². The second-order valence-electron chi connectivity index (χ2n) is 2.31. The minimum absolute atomic E-state index is 0.767. The Balaban J connectivity index is 4.08. The van der Waals surface area contributed by atoms with Gasteiger partial charge in [-0.05, 0) is 0 Å². The topological polar surface area (TPSA) is 118 Å². The van der Waals surface area contributed by atoms with Crippen molar-refractivity contribution in [2.75, 3.05) is 13.2 Å². The van der Waals surface area contributed by atoms with Gasteiger partial charge in [-0.15, -0.1) is 0 Å². The average molecular weight is 182 g/mol. The molecular weight excluding hydrogens is 170 g/mol. The Morgan fingerprint density at radius 1 is 1.17 bits per heavy atom. The monoisotopic (exact) mass is 182 g/mol. The molecule has 0 radical (unpaired) electrons. The molecule has 0 fully saturated rings. The molecule has 0 aliphatic rings. The van der Waals surface area contributed by atoms with E-state index in [1.54, 1.807) is 0 Å². The first kappa shape index (κ1) is 11.5. The summed E-state index contributed by atoms with van der Waals surface area (Å²) in [4.78, 5) is 10.5. The molecule has 0 aromatic rings. The maximum atomic E-state index is 10.5. The van der Waals surface area contributed by atoms with Gasteiger partial charge < -0.3 is 25.5 Å². The van der Waals surface area contributed by atoms with Gasteiger partial charge in [0.25, 0.3) is 0 Å². The van der Waals surface area contributed by atoms with Crippen molar-refractivity contribution in [1.29, 1.82) is 0 Å². The van der Waals surface area contributed by atoms with E-state index in [0.717, 1.165) is 0 Å². The van der Waals surface area contributed by atoms with E-state index in [2.05, 4.69) is 0 Å². The molecule has 0 saturated carbocycles. The number of aliphatic hydroxyl groups is 5. The highest BCUT2D eigenvalue weighted by molar-refractivity contribution is 5.84. The van der Waals surface area contributed by atoms with E-state index >= 15 is 0 Å². The summed E-state index contributed by atoms with van der Waals surface area (Å²) >= 11 is 0. The highest BCUT2D eigenvalue weighted by atomic mass is 16.4. The molecule has 0 rings (SSSR count). The van der Waals surface area contributed by atoms with Crippen LogP contribution in [0, 0.1) is 0 Å². The number of carbonyl (C=O) groups is 1. The van der Waals surface area contributed by atoms with E-state index in [0.29, 0.717) is 0 Å². The maximum Gasteiger partial charge on any atom is 0.189 e. The molecule has 0 amide bonds. The predicted molar refractivity (Wildman–Crippen MR) is 37.2 cm³/mol. The van der Waals surface area contributed by atoms with E-state index in [9.17, 15) is 4.79 Å². The van der Waals surface area contributed by atoms with Crippen molar-refractivity contribution in [2.45, 2.75) is 18.3 Å². The van der Waals surface area contributed by atoms with Gasteiger partial charge in [0, 0.05) is 0 Å². The second kappa shape index (κ2) is 5.18. The van der Waals surface area contributed by atoms with Crippen molar-refractivity contribution in [3.05, 3.63) is 0 Å². The first-order valence-corrected chi connectivity index (χ1v) is 3.33. The maximum absolute atomic E-state index is 10.5. The Bertz CT molecular complexity index is 147. The Hall–Kier alpha value is -0.530. The summed E-state index contributed by atoms with van der Waals surface area (Å²) in [6.45, 7) is -1.69. The molecule has 0 aromatic carbocycles. The first-order chi connectivity index (χ1) is 5.54. The highest BCUT2D eigenvalue weighted by Gasteiger charge is 2.28. The standard InChI is InChI=1S/C6H12O6/c7-1-3(9)5(11)6(12)4(10)2-8/h3,5-9,11-12H,1-2H2/t3-,5-,6-/m1/s1/i4+2. The average Bonchev–Trinajstić information content (AvgIpc) is 2.12. The summed E-state index contributed by atoms with van der Waals surface area (Å²) < 4.78 is 0. The van der Waals surface area contributed by atoms with Gasteiger partial charge >= 0.3 is 0 Å². The number of carbonyl (C=O) groups excluding carboxylic acids is 1. The molecule has 6 nitrogen and oxygen atoms in total. The van der Waals surface area contributed by atoms with E-state index < -0.39 is 37.3 Å². The van der Waals surface area contributed by atoms with Crippen LogP contribution in [0.4, 0.5) is 0 Å². The molecule has 0 saturated heterocycles. The van der Waals surface area contributed by atoms with Crippen molar-refractivity contribution in [2.24, 2.45) is 0 Å². The molecule has 12 heavy (non-hydrogen) atoms. The van der Waals surface area contributed by atoms with Crippen LogP contribution in [0.3, 0.4) is 0 Å². The molecule has 3 atom stereocenters. The molecular formula is C6H12O6. The summed E-state index contributed by atoms with van der Waals surface area (Å²) in [6.07, 6.45) is -5.22. The molecule has 0 unspecified atom stereocenters.